The van der Waals surface area contributed by atoms with Crippen molar-refractivity contribution in [3.8, 4) is 0 Å². The summed E-state index contributed by atoms with van der Waals surface area (Å²) in [4.78, 5) is 44.9. The van der Waals surface area contributed by atoms with E-state index in [0.29, 0.717) is 11.4 Å². The van der Waals surface area contributed by atoms with E-state index >= 15 is 0 Å². The average molecular weight is 529 g/mol. The SMILES string of the molecule is CC(C)(C)NC(=O)C(c1ccsc1)N(C(=O)Cc1c[nH]c2ccccc12)c1ccc(NC(=O)C2CC2)cc1. The van der Waals surface area contributed by atoms with E-state index in [0.717, 1.165) is 34.9 Å². The lowest BCUT2D eigenvalue weighted by atomic mass is 10.0. The van der Waals surface area contributed by atoms with Crippen LogP contribution in [0.15, 0.2) is 71.6 Å². The fourth-order valence-electron chi connectivity index (χ4n) is 4.54. The first kappa shape index (κ1) is 25.7. The second kappa shape index (κ2) is 10.5. The number of hydrogen-bond donors (Lipinski definition) is 3. The second-order valence-electron chi connectivity index (χ2n) is 10.8. The molecule has 0 spiro atoms. The average Bonchev–Trinajstić information content (AvgIpc) is 3.45. The molecule has 8 heteroatoms. The Hall–Kier alpha value is -3.91. The van der Waals surface area contributed by atoms with Gasteiger partial charge in [0.25, 0.3) is 0 Å². The zero-order valence-electron chi connectivity index (χ0n) is 21.8. The highest BCUT2D eigenvalue weighted by molar-refractivity contribution is 7.08. The number of hydrogen-bond acceptors (Lipinski definition) is 4. The Morgan fingerprint density at radius 3 is 2.45 bits per heavy atom. The molecule has 2 aromatic heterocycles. The van der Waals surface area contributed by atoms with Crippen LogP contribution in [0.25, 0.3) is 10.9 Å². The van der Waals surface area contributed by atoms with E-state index in [4.69, 9.17) is 0 Å². The molecule has 1 aliphatic rings. The summed E-state index contributed by atoms with van der Waals surface area (Å²) < 4.78 is 0. The molecule has 0 aliphatic heterocycles. The zero-order valence-corrected chi connectivity index (χ0v) is 22.6. The number of thiophene rings is 1. The van der Waals surface area contributed by atoms with E-state index in [1.165, 1.54) is 11.3 Å². The van der Waals surface area contributed by atoms with Crippen molar-refractivity contribution in [2.75, 3.05) is 10.2 Å². The van der Waals surface area contributed by atoms with Crippen molar-refractivity contribution >= 4 is 51.3 Å². The number of H-pyrrole nitrogens is 1. The molecule has 2 aromatic carbocycles. The molecule has 1 fully saturated rings. The Bertz CT molecular complexity index is 1450. The van der Waals surface area contributed by atoms with Gasteiger partial charge >= 0.3 is 0 Å². The lowest BCUT2D eigenvalue weighted by Gasteiger charge is -2.33. The molecular weight excluding hydrogens is 496 g/mol. The van der Waals surface area contributed by atoms with Crippen LogP contribution in [-0.2, 0) is 20.8 Å². The van der Waals surface area contributed by atoms with Gasteiger partial charge in [0, 0.05) is 39.9 Å². The van der Waals surface area contributed by atoms with Crippen molar-refractivity contribution in [3.63, 3.8) is 0 Å². The van der Waals surface area contributed by atoms with Crippen molar-refractivity contribution in [1.82, 2.24) is 10.3 Å². The molecule has 3 amide bonds. The van der Waals surface area contributed by atoms with E-state index in [2.05, 4.69) is 15.6 Å². The predicted octanol–water partition coefficient (Wildman–Crippen LogP) is 5.81. The molecule has 0 bridgehead atoms. The van der Waals surface area contributed by atoms with E-state index < -0.39 is 11.6 Å². The van der Waals surface area contributed by atoms with Crippen LogP contribution in [0.4, 0.5) is 11.4 Å². The Kier molecular flexibility index (Phi) is 7.08. The molecule has 4 aromatic rings. The quantitative estimate of drug-likeness (QED) is 0.269. The number of para-hydroxylation sites is 1. The van der Waals surface area contributed by atoms with E-state index in [1.807, 2.05) is 68.1 Å². The third-order valence-electron chi connectivity index (χ3n) is 6.51. The number of rotatable bonds is 8. The Morgan fingerprint density at radius 1 is 1.05 bits per heavy atom. The molecule has 1 aliphatic carbocycles. The molecule has 5 rings (SSSR count). The topological polar surface area (TPSA) is 94.3 Å². The van der Waals surface area contributed by atoms with Gasteiger partial charge in [-0.2, -0.15) is 11.3 Å². The molecule has 3 N–H and O–H groups in total. The van der Waals surface area contributed by atoms with Crippen LogP contribution in [0.3, 0.4) is 0 Å². The summed E-state index contributed by atoms with van der Waals surface area (Å²) in [6.45, 7) is 5.76. The lowest BCUT2D eigenvalue weighted by Crippen LogP contribution is -2.49. The van der Waals surface area contributed by atoms with Crippen LogP contribution in [0.5, 0.6) is 0 Å². The van der Waals surface area contributed by atoms with Gasteiger partial charge in [-0.3, -0.25) is 19.3 Å². The highest BCUT2D eigenvalue weighted by atomic mass is 32.1. The van der Waals surface area contributed by atoms with Crippen LogP contribution in [0.1, 0.15) is 50.8 Å². The first-order valence-corrected chi connectivity index (χ1v) is 13.8. The van der Waals surface area contributed by atoms with Crippen molar-refractivity contribution in [2.45, 2.75) is 51.6 Å². The lowest BCUT2D eigenvalue weighted by molar-refractivity contribution is -0.127. The van der Waals surface area contributed by atoms with Gasteiger partial charge in [0.15, 0.2) is 0 Å². The summed E-state index contributed by atoms with van der Waals surface area (Å²) in [7, 11) is 0. The number of benzene rings is 2. The molecule has 1 atom stereocenters. The summed E-state index contributed by atoms with van der Waals surface area (Å²) in [5, 5.41) is 10.8. The van der Waals surface area contributed by atoms with Crippen LogP contribution in [-0.4, -0.2) is 28.2 Å². The molecule has 1 saturated carbocycles. The van der Waals surface area contributed by atoms with Gasteiger partial charge in [-0.15, -0.1) is 0 Å². The minimum Gasteiger partial charge on any atom is -0.361 e. The Labute approximate surface area is 226 Å². The van der Waals surface area contributed by atoms with Gasteiger partial charge in [0.05, 0.1) is 6.42 Å². The van der Waals surface area contributed by atoms with Gasteiger partial charge in [0.1, 0.15) is 6.04 Å². The predicted molar refractivity (Wildman–Crippen MR) is 152 cm³/mol. The molecule has 0 radical (unpaired) electrons. The maximum absolute atomic E-state index is 14.1. The molecule has 7 nitrogen and oxygen atoms in total. The van der Waals surface area contributed by atoms with E-state index in [-0.39, 0.29) is 30.1 Å². The fourth-order valence-corrected chi connectivity index (χ4v) is 5.22. The van der Waals surface area contributed by atoms with Gasteiger partial charge in [0.2, 0.25) is 17.7 Å². The van der Waals surface area contributed by atoms with E-state index in [1.54, 1.807) is 29.2 Å². The zero-order chi connectivity index (χ0) is 26.9. The van der Waals surface area contributed by atoms with Crippen LogP contribution < -0.4 is 15.5 Å². The van der Waals surface area contributed by atoms with Crippen molar-refractivity contribution in [2.24, 2.45) is 5.92 Å². The van der Waals surface area contributed by atoms with Gasteiger partial charge in [-0.05, 0) is 91.9 Å². The molecule has 38 heavy (non-hydrogen) atoms. The molecule has 1 unspecified atom stereocenters. The fraction of sp³-hybridized carbons (Fsp3) is 0.300. The first-order valence-electron chi connectivity index (χ1n) is 12.8. The molecular formula is C30H32N4O3S. The van der Waals surface area contributed by atoms with Crippen LogP contribution >= 0.6 is 11.3 Å². The number of fused-ring (bicyclic) bond motifs is 1. The van der Waals surface area contributed by atoms with Crippen molar-refractivity contribution in [3.05, 3.63) is 82.7 Å². The molecule has 0 saturated heterocycles. The number of nitrogens with one attached hydrogen (secondary N) is 3. The highest BCUT2D eigenvalue weighted by Crippen LogP contribution is 2.33. The number of amides is 3. The minimum atomic E-state index is -0.856. The summed E-state index contributed by atoms with van der Waals surface area (Å²) in [6.07, 6.45) is 3.82. The van der Waals surface area contributed by atoms with Crippen molar-refractivity contribution < 1.29 is 14.4 Å². The standard InChI is InChI=1S/C30H32N4O3S/c1-30(2,3)33-29(37)27(20-14-15-38-18-20)34(23-12-10-22(11-13-23)32-28(36)19-8-9-19)26(35)16-21-17-31-25-7-5-4-6-24(21)25/h4-7,10-15,17-19,27,31H,8-9,16H2,1-3H3,(H,32,36)(H,33,37). The van der Waals surface area contributed by atoms with Gasteiger partial charge in [-0.25, -0.2) is 0 Å². The number of aromatic amines is 1. The third-order valence-corrected chi connectivity index (χ3v) is 7.21. The highest BCUT2D eigenvalue weighted by Gasteiger charge is 2.35. The molecule has 2 heterocycles. The molecule has 196 valence electrons. The van der Waals surface area contributed by atoms with E-state index in [9.17, 15) is 14.4 Å². The van der Waals surface area contributed by atoms with Crippen molar-refractivity contribution in [1.29, 1.82) is 0 Å². The monoisotopic (exact) mass is 528 g/mol. The number of aromatic nitrogens is 1. The first-order chi connectivity index (χ1) is 18.2. The summed E-state index contributed by atoms with van der Waals surface area (Å²) in [5.41, 5.74) is 3.34. The number of carbonyl (C=O) groups is 3. The maximum Gasteiger partial charge on any atom is 0.248 e. The summed E-state index contributed by atoms with van der Waals surface area (Å²) >= 11 is 1.48. The van der Waals surface area contributed by atoms with Gasteiger partial charge in [-0.1, -0.05) is 18.2 Å². The number of carbonyl (C=O) groups excluding carboxylic acids is 3. The Balaban J connectivity index is 1.52. The summed E-state index contributed by atoms with van der Waals surface area (Å²) in [5.74, 6) is -0.349. The minimum absolute atomic E-state index is 0.0192. The largest absolute Gasteiger partial charge is 0.361 e. The summed E-state index contributed by atoms with van der Waals surface area (Å²) in [6, 6.07) is 16.0. The van der Waals surface area contributed by atoms with Crippen LogP contribution in [0, 0.1) is 5.92 Å². The number of nitrogens with zero attached hydrogens (tertiary/aromatic N) is 1. The van der Waals surface area contributed by atoms with Crippen LogP contribution in [0.2, 0.25) is 0 Å². The maximum atomic E-state index is 14.1. The van der Waals surface area contributed by atoms with Gasteiger partial charge < -0.3 is 15.6 Å². The Morgan fingerprint density at radius 2 is 1.79 bits per heavy atom. The normalized spacial score (nSPS) is 14.2. The smallest absolute Gasteiger partial charge is 0.248 e. The third kappa shape index (κ3) is 5.81. The second-order valence-corrected chi connectivity index (χ2v) is 11.6. The number of anilines is 2.